The number of aliphatic hydroxyl groups excluding tert-OH is 1. The van der Waals surface area contributed by atoms with Crippen LogP contribution in [0.15, 0.2) is 24.3 Å². The number of hydrogen-bond donors (Lipinski definition) is 1. The van der Waals surface area contributed by atoms with E-state index in [0.29, 0.717) is 5.56 Å². The first-order chi connectivity index (χ1) is 10.6. The smallest absolute Gasteiger partial charge is 0.0991 e. The van der Waals surface area contributed by atoms with Crippen molar-refractivity contribution in [1.82, 2.24) is 9.80 Å². The van der Waals surface area contributed by atoms with E-state index in [-0.39, 0.29) is 11.5 Å². The predicted octanol–water partition coefficient (Wildman–Crippen LogP) is 1.84. The number of benzene rings is 1. The van der Waals surface area contributed by atoms with E-state index in [1.165, 1.54) is 5.56 Å². The molecule has 2 aliphatic rings. The average molecular weight is 299 g/mol. The Hall–Kier alpha value is -1.41. The van der Waals surface area contributed by atoms with Crippen LogP contribution in [0.5, 0.6) is 0 Å². The number of likely N-dealkylation sites (tertiary alicyclic amines) is 2. The van der Waals surface area contributed by atoms with Crippen molar-refractivity contribution in [2.75, 3.05) is 33.2 Å². The fraction of sp³-hybridized carbons (Fsp3) is 0.611. The molecule has 2 fully saturated rings. The Morgan fingerprint density at radius 1 is 1.27 bits per heavy atom. The van der Waals surface area contributed by atoms with Crippen molar-refractivity contribution in [3.05, 3.63) is 35.4 Å². The summed E-state index contributed by atoms with van der Waals surface area (Å²) in [6.45, 7) is 4.97. The monoisotopic (exact) mass is 299 g/mol. The Balaban J connectivity index is 1.68. The fourth-order valence-electron chi connectivity index (χ4n) is 4.11. The van der Waals surface area contributed by atoms with Crippen LogP contribution in [0, 0.1) is 16.7 Å². The Bertz CT molecular complexity index is 550. The van der Waals surface area contributed by atoms with Gasteiger partial charge in [-0.1, -0.05) is 12.1 Å². The van der Waals surface area contributed by atoms with Gasteiger partial charge in [0.1, 0.15) is 0 Å². The molecule has 4 nitrogen and oxygen atoms in total. The first-order valence-corrected chi connectivity index (χ1v) is 8.19. The van der Waals surface area contributed by atoms with Gasteiger partial charge in [-0.15, -0.1) is 0 Å². The maximum Gasteiger partial charge on any atom is 0.0991 e. The van der Waals surface area contributed by atoms with Crippen LogP contribution in [-0.2, 0) is 6.54 Å². The van der Waals surface area contributed by atoms with Crippen LogP contribution in [0.1, 0.15) is 30.4 Å². The Labute approximate surface area is 133 Å². The third-order valence-electron chi connectivity index (χ3n) is 5.25. The van der Waals surface area contributed by atoms with Crippen LogP contribution in [0.2, 0.25) is 0 Å². The van der Waals surface area contributed by atoms with Crippen LogP contribution in [-0.4, -0.2) is 54.2 Å². The van der Waals surface area contributed by atoms with E-state index in [4.69, 9.17) is 5.26 Å². The van der Waals surface area contributed by atoms with E-state index < -0.39 is 0 Å². The lowest BCUT2D eigenvalue weighted by Gasteiger charge is -2.50. The van der Waals surface area contributed by atoms with Crippen LogP contribution in [0.3, 0.4) is 0 Å². The molecule has 2 aliphatic heterocycles. The molecule has 3 rings (SSSR count). The lowest BCUT2D eigenvalue weighted by molar-refractivity contribution is -0.0807. The Morgan fingerprint density at radius 3 is 2.77 bits per heavy atom. The molecule has 0 amide bonds. The average Bonchev–Trinajstić information content (AvgIpc) is 2.52. The molecule has 2 atom stereocenters. The molecule has 1 spiro atoms. The molecule has 0 aliphatic carbocycles. The third-order valence-corrected chi connectivity index (χ3v) is 5.25. The van der Waals surface area contributed by atoms with Crippen LogP contribution in [0.4, 0.5) is 0 Å². The maximum atomic E-state index is 10.6. The number of nitrogens with zero attached hydrogens (tertiary/aromatic N) is 3. The van der Waals surface area contributed by atoms with E-state index in [0.717, 1.165) is 52.0 Å². The summed E-state index contributed by atoms with van der Waals surface area (Å²) in [7, 11) is 2.16. The van der Waals surface area contributed by atoms with Gasteiger partial charge < -0.3 is 10.0 Å². The topological polar surface area (TPSA) is 50.5 Å². The molecule has 0 aromatic heterocycles. The summed E-state index contributed by atoms with van der Waals surface area (Å²) in [6.07, 6.45) is 3.00. The Morgan fingerprint density at radius 2 is 2.05 bits per heavy atom. The molecule has 2 heterocycles. The van der Waals surface area contributed by atoms with Gasteiger partial charge in [0.2, 0.25) is 0 Å². The molecule has 0 bridgehead atoms. The lowest BCUT2D eigenvalue weighted by atomic mass is 9.71. The fourth-order valence-corrected chi connectivity index (χ4v) is 4.11. The van der Waals surface area contributed by atoms with Gasteiger partial charge in [0.15, 0.2) is 0 Å². The minimum Gasteiger partial charge on any atom is -0.392 e. The maximum absolute atomic E-state index is 10.6. The van der Waals surface area contributed by atoms with Crippen molar-refractivity contribution in [2.24, 2.45) is 5.41 Å². The number of nitriles is 1. The highest BCUT2D eigenvalue weighted by molar-refractivity contribution is 5.31. The van der Waals surface area contributed by atoms with Gasteiger partial charge in [0.25, 0.3) is 0 Å². The summed E-state index contributed by atoms with van der Waals surface area (Å²) in [4.78, 5) is 4.82. The molecule has 0 radical (unpaired) electrons. The van der Waals surface area contributed by atoms with E-state index >= 15 is 0 Å². The molecule has 1 aromatic carbocycles. The van der Waals surface area contributed by atoms with Crippen LogP contribution >= 0.6 is 0 Å². The molecule has 0 saturated carbocycles. The number of rotatable bonds is 2. The zero-order valence-corrected chi connectivity index (χ0v) is 13.3. The van der Waals surface area contributed by atoms with Gasteiger partial charge in [-0.2, -0.15) is 5.26 Å². The summed E-state index contributed by atoms with van der Waals surface area (Å²) in [5, 5.41) is 19.4. The van der Waals surface area contributed by atoms with Gasteiger partial charge in [-0.05, 0) is 50.6 Å². The van der Waals surface area contributed by atoms with Crippen molar-refractivity contribution in [3.63, 3.8) is 0 Å². The molecule has 118 valence electrons. The largest absolute Gasteiger partial charge is 0.392 e. The van der Waals surface area contributed by atoms with E-state index in [9.17, 15) is 5.11 Å². The molecule has 1 aromatic rings. The first-order valence-electron chi connectivity index (χ1n) is 8.19. The van der Waals surface area contributed by atoms with E-state index in [1.54, 1.807) is 0 Å². The van der Waals surface area contributed by atoms with Crippen molar-refractivity contribution >= 4 is 0 Å². The van der Waals surface area contributed by atoms with Crippen LogP contribution < -0.4 is 0 Å². The van der Waals surface area contributed by atoms with Gasteiger partial charge in [-0.3, -0.25) is 4.90 Å². The molecule has 2 saturated heterocycles. The normalized spacial score (nSPS) is 30.3. The van der Waals surface area contributed by atoms with Crippen LogP contribution in [0.25, 0.3) is 0 Å². The minimum atomic E-state index is -0.174. The second-order valence-electron chi connectivity index (χ2n) is 7.03. The zero-order valence-electron chi connectivity index (χ0n) is 13.3. The lowest BCUT2D eigenvalue weighted by Crippen LogP contribution is -2.58. The molecule has 22 heavy (non-hydrogen) atoms. The Kier molecular flexibility index (Phi) is 4.49. The summed E-state index contributed by atoms with van der Waals surface area (Å²) in [5.41, 5.74) is 2.00. The number of piperidine rings is 2. The van der Waals surface area contributed by atoms with Crippen molar-refractivity contribution in [2.45, 2.75) is 31.9 Å². The highest BCUT2D eigenvalue weighted by atomic mass is 16.3. The van der Waals surface area contributed by atoms with Gasteiger partial charge >= 0.3 is 0 Å². The molecular weight excluding hydrogens is 274 g/mol. The van der Waals surface area contributed by atoms with Gasteiger partial charge in [-0.25, -0.2) is 0 Å². The summed E-state index contributed by atoms with van der Waals surface area (Å²) >= 11 is 0. The summed E-state index contributed by atoms with van der Waals surface area (Å²) in [6, 6.07) is 10.0. The van der Waals surface area contributed by atoms with Gasteiger partial charge in [0.05, 0.1) is 17.7 Å². The predicted molar refractivity (Wildman–Crippen MR) is 86.2 cm³/mol. The quantitative estimate of drug-likeness (QED) is 0.905. The highest BCUT2D eigenvalue weighted by Crippen LogP contribution is 2.38. The molecule has 4 heteroatoms. The summed E-state index contributed by atoms with van der Waals surface area (Å²) in [5.74, 6) is 0. The van der Waals surface area contributed by atoms with E-state index in [1.807, 2.05) is 24.3 Å². The standard InChI is InChI=1S/C18H25N3O/c1-20-10-7-17(22)18(13-20)8-2-9-21(14-18)12-16-5-3-15(11-19)4-6-16/h3-6,17,22H,2,7-10,12-14H2,1H3/t17-,18-/m0/s1. The highest BCUT2D eigenvalue weighted by Gasteiger charge is 2.44. The third kappa shape index (κ3) is 3.17. The van der Waals surface area contributed by atoms with Crippen molar-refractivity contribution < 1.29 is 5.11 Å². The van der Waals surface area contributed by atoms with Gasteiger partial charge in [0, 0.05) is 31.6 Å². The second kappa shape index (κ2) is 6.37. The minimum absolute atomic E-state index is 0.0395. The second-order valence-corrected chi connectivity index (χ2v) is 7.03. The number of aliphatic hydroxyl groups is 1. The molecule has 1 N–H and O–H groups in total. The summed E-state index contributed by atoms with van der Waals surface area (Å²) < 4.78 is 0. The first kappa shape index (κ1) is 15.5. The number of hydrogen-bond acceptors (Lipinski definition) is 4. The van der Waals surface area contributed by atoms with Crippen molar-refractivity contribution in [3.8, 4) is 6.07 Å². The van der Waals surface area contributed by atoms with Crippen molar-refractivity contribution in [1.29, 1.82) is 5.26 Å². The molecule has 0 unspecified atom stereocenters. The SMILES string of the molecule is CN1CC[C@H](O)[C@@]2(CCCN(Cc3ccc(C#N)cc3)C2)C1. The molecular formula is C18H25N3O. The van der Waals surface area contributed by atoms with E-state index in [2.05, 4.69) is 22.9 Å². The zero-order chi connectivity index (χ0) is 15.6.